The maximum Gasteiger partial charge on any atom is 0.261 e. The second-order valence-corrected chi connectivity index (χ2v) is 12.5. The number of primary amides is 1. The van der Waals surface area contributed by atoms with Crippen LogP contribution in [-0.4, -0.2) is 77.1 Å². The van der Waals surface area contributed by atoms with E-state index in [9.17, 15) is 23.2 Å². The number of H-pyrrole nitrogens is 1. The minimum absolute atomic E-state index is 0.0604. The molecule has 1 saturated heterocycles. The molecule has 4 rings (SSSR count). The number of fused-ring (bicyclic) bond motifs is 1. The summed E-state index contributed by atoms with van der Waals surface area (Å²) in [5.74, 6) is -0.818. The minimum Gasteiger partial charge on any atom is -0.489 e. The summed E-state index contributed by atoms with van der Waals surface area (Å²) in [5, 5.41) is 9.96. The number of benzene rings is 2. The van der Waals surface area contributed by atoms with Crippen molar-refractivity contribution in [2.45, 2.75) is 45.1 Å². The van der Waals surface area contributed by atoms with Crippen LogP contribution in [0.5, 0.6) is 5.75 Å². The second-order valence-electron chi connectivity index (χ2n) is 9.97. The Kier molecular flexibility index (Phi) is 8.60. The molecule has 2 aromatic carbocycles. The molecule has 0 bridgehead atoms. The lowest BCUT2D eigenvalue weighted by molar-refractivity contribution is -0.135. The molecule has 1 aliphatic heterocycles. The van der Waals surface area contributed by atoms with E-state index in [0.29, 0.717) is 11.3 Å². The molecule has 0 spiro atoms. The van der Waals surface area contributed by atoms with Crippen LogP contribution < -0.4 is 16.0 Å². The normalized spacial score (nSPS) is 15.9. The van der Waals surface area contributed by atoms with Crippen molar-refractivity contribution in [3.05, 3.63) is 64.8 Å². The molecule has 0 aliphatic carbocycles. The summed E-state index contributed by atoms with van der Waals surface area (Å²) in [7, 11) is -3.42. The third kappa shape index (κ3) is 6.09. The van der Waals surface area contributed by atoms with Gasteiger partial charge in [0.2, 0.25) is 15.9 Å². The van der Waals surface area contributed by atoms with Crippen LogP contribution in [0, 0.1) is 6.92 Å². The zero-order chi connectivity index (χ0) is 28.3. The monoisotopic (exact) mass is 557 g/mol. The number of aryl methyl sites for hydroxylation is 1. The summed E-state index contributed by atoms with van der Waals surface area (Å²) in [5.41, 5.74) is 11.1. The number of hydroxylamine groups is 1. The zero-order valence-electron chi connectivity index (χ0n) is 22.3. The molecule has 0 radical (unpaired) electrons. The Morgan fingerprint density at radius 1 is 1.13 bits per heavy atom. The summed E-state index contributed by atoms with van der Waals surface area (Å²) >= 11 is 0. The number of hydrogen-bond donors (Lipinski definition) is 4. The smallest absolute Gasteiger partial charge is 0.261 e. The SMILES string of the molecule is Cc1[nH]c2ccccc2c1COc1ccc(C(N)=O)c(C[C@@H](C(=O)NO)N2CCN(S(=O)(=O)C(C)C)CC2)c1. The van der Waals surface area contributed by atoms with E-state index in [1.807, 2.05) is 31.2 Å². The summed E-state index contributed by atoms with van der Waals surface area (Å²) in [6.07, 6.45) is 0.0604. The number of carbonyl (C=O) groups excluding carboxylic acids is 2. The highest BCUT2D eigenvalue weighted by atomic mass is 32.2. The molecule has 1 fully saturated rings. The highest BCUT2D eigenvalue weighted by Crippen LogP contribution is 2.26. The van der Waals surface area contributed by atoms with E-state index in [-0.39, 0.29) is 44.8 Å². The first-order valence-electron chi connectivity index (χ1n) is 12.8. The molecule has 1 aromatic heterocycles. The quantitative estimate of drug-likeness (QED) is 0.219. The Bertz CT molecular complexity index is 1460. The molecule has 5 N–H and O–H groups in total. The van der Waals surface area contributed by atoms with Gasteiger partial charge in [-0.1, -0.05) is 18.2 Å². The van der Waals surface area contributed by atoms with Gasteiger partial charge in [-0.3, -0.25) is 19.7 Å². The summed E-state index contributed by atoms with van der Waals surface area (Å²) in [6.45, 7) is 6.52. The number of piperazine rings is 1. The van der Waals surface area contributed by atoms with Gasteiger partial charge in [-0.2, -0.15) is 4.31 Å². The van der Waals surface area contributed by atoms with Gasteiger partial charge in [-0.05, 0) is 57.0 Å². The molecule has 0 unspecified atom stereocenters. The Labute approximate surface area is 227 Å². The molecule has 11 nitrogen and oxygen atoms in total. The maximum atomic E-state index is 12.7. The molecular formula is C27H35N5O6S. The van der Waals surface area contributed by atoms with Crippen molar-refractivity contribution >= 4 is 32.7 Å². The predicted octanol–water partition coefficient (Wildman–Crippen LogP) is 1.93. The van der Waals surface area contributed by atoms with E-state index in [1.54, 1.807) is 42.4 Å². The summed E-state index contributed by atoms with van der Waals surface area (Å²) < 4.78 is 32.6. The predicted molar refractivity (Wildman–Crippen MR) is 147 cm³/mol. The lowest BCUT2D eigenvalue weighted by atomic mass is 9.97. The Balaban J connectivity index is 1.55. The molecule has 2 heterocycles. The number of para-hydroxylation sites is 1. The molecule has 0 saturated carbocycles. The molecule has 1 aliphatic rings. The number of ether oxygens (including phenoxy) is 1. The van der Waals surface area contributed by atoms with Crippen LogP contribution >= 0.6 is 0 Å². The molecule has 1 atom stereocenters. The van der Waals surface area contributed by atoms with Crippen LogP contribution in [0.1, 0.15) is 41.0 Å². The minimum atomic E-state index is -3.42. The number of nitrogens with zero attached hydrogens (tertiary/aromatic N) is 2. The molecule has 210 valence electrons. The highest BCUT2D eigenvalue weighted by molar-refractivity contribution is 7.89. The summed E-state index contributed by atoms with van der Waals surface area (Å²) in [6, 6.07) is 12.0. The third-order valence-electron chi connectivity index (χ3n) is 7.25. The number of aromatic nitrogens is 1. The Morgan fingerprint density at radius 2 is 1.82 bits per heavy atom. The number of carbonyl (C=O) groups is 2. The lowest BCUT2D eigenvalue weighted by Gasteiger charge is -2.38. The number of hydrogen-bond acceptors (Lipinski definition) is 7. The zero-order valence-corrected chi connectivity index (χ0v) is 23.1. The highest BCUT2D eigenvalue weighted by Gasteiger charge is 2.34. The largest absolute Gasteiger partial charge is 0.489 e. The fourth-order valence-electron chi connectivity index (χ4n) is 4.98. The van der Waals surface area contributed by atoms with E-state index < -0.39 is 33.1 Å². The number of rotatable bonds is 10. The van der Waals surface area contributed by atoms with Gasteiger partial charge in [0.05, 0.1) is 11.3 Å². The molecule has 12 heteroatoms. The first-order valence-corrected chi connectivity index (χ1v) is 14.3. The van der Waals surface area contributed by atoms with Gasteiger partial charge in [-0.15, -0.1) is 0 Å². The third-order valence-corrected chi connectivity index (χ3v) is 9.52. The van der Waals surface area contributed by atoms with Crippen molar-refractivity contribution in [1.29, 1.82) is 0 Å². The van der Waals surface area contributed by atoms with E-state index in [1.165, 1.54) is 4.31 Å². The van der Waals surface area contributed by atoms with E-state index in [2.05, 4.69) is 4.98 Å². The van der Waals surface area contributed by atoms with Crippen molar-refractivity contribution in [2.75, 3.05) is 26.2 Å². The topological polar surface area (TPSA) is 158 Å². The van der Waals surface area contributed by atoms with Gasteiger partial charge in [0, 0.05) is 53.9 Å². The van der Waals surface area contributed by atoms with Gasteiger partial charge in [-0.25, -0.2) is 13.9 Å². The van der Waals surface area contributed by atoms with Crippen LogP contribution in [0.4, 0.5) is 0 Å². The molecule has 3 aromatic rings. The van der Waals surface area contributed by atoms with Crippen LogP contribution in [-0.2, 0) is 27.8 Å². The van der Waals surface area contributed by atoms with E-state index in [0.717, 1.165) is 22.2 Å². The van der Waals surface area contributed by atoms with Crippen molar-refractivity contribution in [1.82, 2.24) is 19.7 Å². The molecule has 39 heavy (non-hydrogen) atoms. The molecular weight excluding hydrogens is 522 g/mol. The second kappa shape index (κ2) is 11.7. The number of nitrogens with two attached hydrogens (primary N) is 1. The number of nitrogens with one attached hydrogen (secondary N) is 2. The van der Waals surface area contributed by atoms with Crippen molar-refractivity contribution < 1.29 is 28.0 Å². The van der Waals surface area contributed by atoms with Crippen LogP contribution in [0.3, 0.4) is 0 Å². The average molecular weight is 558 g/mol. The number of sulfonamides is 1. The van der Waals surface area contributed by atoms with Crippen molar-refractivity contribution in [3.8, 4) is 5.75 Å². The maximum absolute atomic E-state index is 12.7. The van der Waals surface area contributed by atoms with Gasteiger partial charge in [0.15, 0.2) is 0 Å². The van der Waals surface area contributed by atoms with Crippen molar-refractivity contribution in [3.63, 3.8) is 0 Å². The van der Waals surface area contributed by atoms with Crippen LogP contribution in [0.2, 0.25) is 0 Å². The first kappa shape index (κ1) is 28.6. The van der Waals surface area contributed by atoms with E-state index >= 15 is 0 Å². The number of amides is 2. The fourth-order valence-corrected chi connectivity index (χ4v) is 6.25. The van der Waals surface area contributed by atoms with Gasteiger partial charge < -0.3 is 15.5 Å². The Hall–Kier alpha value is -3.45. The number of aromatic amines is 1. The molecule has 2 amide bonds. The van der Waals surface area contributed by atoms with Crippen LogP contribution in [0.25, 0.3) is 10.9 Å². The van der Waals surface area contributed by atoms with Crippen molar-refractivity contribution in [2.24, 2.45) is 5.73 Å². The lowest BCUT2D eigenvalue weighted by Crippen LogP contribution is -2.57. The van der Waals surface area contributed by atoms with Crippen LogP contribution in [0.15, 0.2) is 42.5 Å². The van der Waals surface area contributed by atoms with E-state index in [4.69, 9.17) is 10.5 Å². The van der Waals surface area contributed by atoms with Gasteiger partial charge >= 0.3 is 0 Å². The summed E-state index contributed by atoms with van der Waals surface area (Å²) in [4.78, 5) is 30.1. The van der Waals surface area contributed by atoms with Gasteiger partial charge in [0.25, 0.3) is 5.91 Å². The average Bonchev–Trinajstić information content (AvgIpc) is 3.24. The standard InChI is InChI=1S/C27H35N5O6S/c1-17(2)39(36,37)32-12-10-31(11-13-32)25(27(34)30-35)15-19-14-20(8-9-21(19)26(28)33)38-16-23-18(3)29-24-7-5-4-6-22(23)24/h4-9,14,17,25,29,35H,10-13,15-16H2,1-3H3,(H2,28,33)(H,30,34)/t25-/m0/s1. The fraction of sp³-hybridized carbons (Fsp3) is 0.407. The Morgan fingerprint density at radius 3 is 2.46 bits per heavy atom. The van der Waals surface area contributed by atoms with Gasteiger partial charge in [0.1, 0.15) is 12.4 Å². The first-order chi connectivity index (χ1) is 18.5.